The fourth-order valence-electron chi connectivity index (χ4n) is 1.56. The summed E-state index contributed by atoms with van der Waals surface area (Å²) in [7, 11) is 0. The van der Waals surface area contributed by atoms with Gasteiger partial charge in [0.05, 0.1) is 0 Å². The van der Waals surface area contributed by atoms with Crippen molar-refractivity contribution in [1.82, 2.24) is 4.68 Å². The lowest BCUT2D eigenvalue weighted by atomic mass is 10.0. The lowest BCUT2D eigenvalue weighted by Crippen LogP contribution is -2.31. The molecular weight excluding hydrogens is 172 g/mol. The van der Waals surface area contributed by atoms with Crippen molar-refractivity contribution in [3.05, 3.63) is 23.5 Å². The maximum Gasteiger partial charge on any atom is 0.0421 e. The van der Waals surface area contributed by atoms with Crippen molar-refractivity contribution in [2.75, 3.05) is 5.43 Å². The van der Waals surface area contributed by atoms with Gasteiger partial charge in [0.25, 0.3) is 0 Å². The molecule has 0 aliphatic rings. The van der Waals surface area contributed by atoms with Crippen molar-refractivity contribution in [2.45, 2.75) is 47.1 Å². The fourth-order valence-corrected chi connectivity index (χ4v) is 1.56. The van der Waals surface area contributed by atoms with E-state index in [-0.39, 0.29) is 0 Å². The predicted molar refractivity (Wildman–Crippen MR) is 62.2 cm³/mol. The molecule has 1 rings (SSSR count). The molecule has 14 heavy (non-hydrogen) atoms. The summed E-state index contributed by atoms with van der Waals surface area (Å²) in [5, 5.41) is 0. The molecule has 2 atom stereocenters. The maximum atomic E-state index is 3.53. The highest BCUT2D eigenvalue weighted by Crippen LogP contribution is 2.11. The quantitative estimate of drug-likeness (QED) is 0.779. The van der Waals surface area contributed by atoms with Gasteiger partial charge in [0, 0.05) is 17.4 Å². The number of nitrogens with one attached hydrogen (secondary N) is 1. The molecule has 0 radical (unpaired) electrons. The molecule has 0 aromatic carbocycles. The van der Waals surface area contributed by atoms with Crippen LogP contribution in [0.15, 0.2) is 12.1 Å². The van der Waals surface area contributed by atoms with Crippen molar-refractivity contribution in [3.63, 3.8) is 0 Å². The Hall–Kier alpha value is -0.920. The number of hydrogen-bond donors (Lipinski definition) is 1. The highest BCUT2D eigenvalue weighted by Gasteiger charge is 2.11. The Labute approximate surface area is 87.3 Å². The van der Waals surface area contributed by atoms with Crippen LogP contribution in [0.5, 0.6) is 0 Å². The number of aryl methyl sites for hydroxylation is 2. The smallest absolute Gasteiger partial charge is 0.0421 e. The molecule has 0 saturated carbocycles. The molecule has 1 aromatic heterocycles. The first-order valence-electron chi connectivity index (χ1n) is 5.47. The molecule has 1 aromatic rings. The second kappa shape index (κ2) is 4.54. The van der Waals surface area contributed by atoms with E-state index in [2.05, 4.69) is 56.9 Å². The summed E-state index contributed by atoms with van der Waals surface area (Å²) >= 11 is 0. The third-order valence-electron chi connectivity index (χ3n) is 3.10. The zero-order chi connectivity index (χ0) is 10.7. The average Bonchev–Trinajstić information content (AvgIpc) is 2.48. The summed E-state index contributed by atoms with van der Waals surface area (Å²) in [6, 6.07) is 4.81. The summed E-state index contributed by atoms with van der Waals surface area (Å²) in [4.78, 5) is 0. The molecule has 1 N–H and O–H groups in total. The van der Waals surface area contributed by atoms with Crippen molar-refractivity contribution in [3.8, 4) is 0 Å². The van der Waals surface area contributed by atoms with E-state index in [1.54, 1.807) is 0 Å². The zero-order valence-electron chi connectivity index (χ0n) is 9.96. The predicted octanol–water partition coefficient (Wildman–Crippen LogP) is 3.08. The summed E-state index contributed by atoms with van der Waals surface area (Å²) < 4.78 is 2.18. The van der Waals surface area contributed by atoms with Crippen LogP contribution in [0.4, 0.5) is 0 Å². The average molecular weight is 194 g/mol. The minimum Gasteiger partial charge on any atom is -0.323 e. The normalized spacial score (nSPS) is 15.2. The Bertz CT molecular complexity index is 269. The topological polar surface area (TPSA) is 17.0 Å². The molecule has 0 aliphatic heterocycles. The van der Waals surface area contributed by atoms with Gasteiger partial charge >= 0.3 is 0 Å². The SMILES string of the molecule is CCC(C)C(C)Nn1c(C)ccc1C. The van der Waals surface area contributed by atoms with Gasteiger partial charge in [-0.3, -0.25) is 4.68 Å². The van der Waals surface area contributed by atoms with E-state index in [1.165, 1.54) is 17.8 Å². The number of nitrogens with zero attached hydrogens (tertiary/aromatic N) is 1. The Kier molecular flexibility index (Phi) is 3.62. The first-order valence-corrected chi connectivity index (χ1v) is 5.47. The van der Waals surface area contributed by atoms with Gasteiger partial charge in [-0.1, -0.05) is 20.3 Å². The molecule has 80 valence electrons. The van der Waals surface area contributed by atoms with Crippen molar-refractivity contribution < 1.29 is 0 Å². The highest BCUT2D eigenvalue weighted by molar-refractivity contribution is 5.15. The molecule has 0 aliphatic carbocycles. The molecule has 0 fully saturated rings. The van der Waals surface area contributed by atoms with Crippen LogP contribution in [0.3, 0.4) is 0 Å². The van der Waals surface area contributed by atoms with E-state index < -0.39 is 0 Å². The molecule has 0 amide bonds. The van der Waals surface area contributed by atoms with Gasteiger partial charge in [-0.25, -0.2) is 0 Å². The Morgan fingerprint density at radius 2 is 1.71 bits per heavy atom. The largest absolute Gasteiger partial charge is 0.323 e. The summed E-state index contributed by atoms with van der Waals surface area (Å²) in [6.07, 6.45) is 1.22. The molecule has 0 bridgehead atoms. The standard InChI is InChI=1S/C12H22N2/c1-6-9(2)12(5)13-14-10(3)7-8-11(14)4/h7-9,12-13H,6H2,1-5H3. The van der Waals surface area contributed by atoms with E-state index in [4.69, 9.17) is 0 Å². The van der Waals surface area contributed by atoms with Crippen LogP contribution in [0.25, 0.3) is 0 Å². The van der Waals surface area contributed by atoms with Crippen LogP contribution in [0, 0.1) is 19.8 Å². The zero-order valence-corrected chi connectivity index (χ0v) is 9.96. The molecule has 2 nitrogen and oxygen atoms in total. The van der Waals surface area contributed by atoms with Crippen LogP contribution < -0.4 is 5.43 Å². The van der Waals surface area contributed by atoms with Crippen LogP contribution in [0.1, 0.15) is 38.6 Å². The van der Waals surface area contributed by atoms with Crippen molar-refractivity contribution in [2.24, 2.45) is 5.92 Å². The van der Waals surface area contributed by atoms with E-state index in [0.717, 1.165) is 0 Å². The first-order chi connectivity index (χ1) is 6.56. The van der Waals surface area contributed by atoms with Crippen LogP contribution >= 0.6 is 0 Å². The molecule has 0 spiro atoms. The van der Waals surface area contributed by atoms with Gasteiger partial charge in [0.2, 0.25) is 0 Å². The highest BCUT2D eigenvalue weighted by atomic mass is 15.4. The van der Waals surface area contributed by atoms with Crippen LogP contribution in [-0.2, 0) is 0 Å². The Morgan fingerprint density at radius 1 is 1.21 bits per heavy atom. The van der Waals surface area contributed by atoms with Gasteiger partial charge in [-0.2, -0.15) is 0 Å². The van der Waals surface area contributed by atoms with Gasteiger partial charge in [0.1, 0.15) is 0 Å². The number of aromatic nitrogens is 1. The Balaban J connectivity index is 2.68. The molecule has 1 heterocycles. The van der Waals surface area contributed by atoms with Gasteiger partial charge in [-0.05, 0) is 38.8 Å². The Morgan fingerprint density at radius 3 is 2.14 bits per heavy atom. The number of hydrogen-bond acceptors (Lipinski definition) is 1. The van der Waals surface area contributed by atoms with Crippen molar-refractivity contribution >= 4 is 0 Å². The van der Waals surface area contributed by atoms with E-state index in [1.807, 2.05) is 0 Å². The van der Waals surface area contributed by atoms with E-state index in [9.17, 15) is 0 Å². The summed E-state index contributed by atoms with van der Waals surface area (Å²) in [6.45, 7) is 11.0. The van der Waals surface area contributed by atoms with E-state index in [0.29, 0.717) is 12.0 Å². The monoisotopic (exact) mass is 194 g/mol. The lowest BCUT2D eigenvalue weighted by molar-refractivity contribution is 0.461. The number of rotatable bonds is 4. The second-order valence-corrected chi connectivity index (χ2v) is 4.25. The molecular formula is C12H22N2. The first kappa shape index (κ1) is 11.2. The third-order valence-corrected chi connectivity index (χ3v) is 3.10. The fraction of sp³-hybridized carbons (Fsp3) is 0.667. The second-order valence-electron chi connectivity index (χ2n) is 4.25. The van der Waals surface area contributed by atoms with Crippen LogP contribution in [-0.4, -0.2) is 10.7 Å². The van der Waals surface area contributed by atoms with Crippen LogP contribution in [0.2, 0.25) is 0 Å². The molecule has 0 saturated heterocycles. The van der Waals surface area contributed by atoms with E-state index >= 15 is 0 Å². The molecule has 2 heteroatoms. The van der Waals surface area contributed by atoms with Gasteiger partial charge in [-0.15, -0.1) is 0 Å². The molecule has 2 unspecified atom stereocenters. The maximum absolute atomic E-state index is 3.53. The minimum absolute atomic E-state index is 0.518. The van der Waals surface area contributed by atoms with Gasteiger partial charge in [0.15, 0.2) is 0 Å². The lowest BCUT2D eigenvalue weighted by Gasteiger charge is -2.23. The van der Waals surface area contributed by atoms with Gasteiger partial charge < -0.3 is 5.43 Å². The third kappa shape index (κ3) is 2.31. The van der Waals surface area contributed by atoms with Crippen molar-refractivity contribution in [1.29, 1.82) is 0 Å². The minimum atomic E-state index is 0.518. The summed E-state index contributed by atoms with van der Waals surface area (Å²) in [5.74, 6) is 0.705. The summed E-state index contributed by atoms with van der Waals surface area (Å²) in [5.41, 5.74) is 6.08.